The molecule has 13 heteroatoms. The molecule has 2 amide bonds. The number of hydrogen-bond donors (Lipinski definition) is 5. The molecule has 0 bridgehead atoms. The van der Waals surface area contributed by atoms with Gasteiger partial charge in [0.25, 0.3) is 0 Å². The molecule has 0 aliphatic rings. The Kier molecular flexibility index (Phi) is 22.0. The molecule has 0 heterocycles. The van der Waals surface area contributed by atoms with Crippen molar-refractivity contribution in [3.63, 3.8) is 0 Å². The minimum atomic E-state index is -3.04. The van der Waals surface area contributed by atoms with Crippen LogP contribution in [0.2, 0.25) is 0 Å². The molecule has 0 spiro atoms. The molecule has 5 N–H and O–H groups in total. The number of unbranched alkanes of at least 4 members (excludes halogenated alkanes) is 8. The molecule has 13 nitrogen and oxygen atoms in total. The zero-order chi connectivity index (χ0) is 38.1. The number of methoxy groups -OCH3 is 1. The van der Waals surface area contributed by atoms with E-state index in [1.165, 1.54) is 12.5 Å². The fraction of sp³-hybridized carbons (Fsp3) is 0.579. The molecule has 0 saturated heterocycles. The van der Waals surface area contributed by atoms with Gasteiger partial charge < -0.3 is 35.4 Å². The number of amides is 2. The average Bonchev–Trinajstić information content (AvgIpc) is 3.09. The number of carbonyl (C=O) groups excluding carboxylic acids is 4. The van der Waals surface area contributed by atoms with E-state index in [1.54, 1.807) is 31.2 Å². The van der Waals surface area contributed by atoms with Gasteiger partial charge in [0.05, 0.1) is 19.4 Å². The SMILES string of the molecule is CC#CCOc1ccc(C[C@H](NC(=O)[C@@H](C=CCCCCCCC(=O)CCCCCCC)[C@@](O)(CC(=O)O)C(=O)O)C(=O)NCC(=O)OC)cc1. The summed E-state index contributed by atoms with van der Waals surface area (Å²) in [5, 5.41) is 35.2. The summed E-state index contributed by atoms with van der Waals surface area (Å²) in [6.45, 7) is 3.48. The van der Waals surface area contributed by atoms with Crippen molar-refractivity contribution in [2.24, 2.45) is 5.92 Å². The maximum Gasteiger partial charge on any atom is 0.337 e. The van der Waals surface area contributed by atoms with Gasteiger partial charge >= 0.3 is 17.9 Å². The van der Waals surface area contributed by atoms with Gasteiger partial charge in [-0.15, -0.1) is 5.92 Å². The number of rotatable bonds is 27. The molecule has 51 heavy (non-hydrogen) atoms. The first-order valence-corrected chi connectivity index (χ1v) is 17.5. The minimum absolute atomic E-state index is 0.115. The maximum atomic E-state index is 13.7. The Morgan fingerprint density at radius 1 is 0.902 bits per heavy atom. The van der Waals surface area contributed by atoms with Crippen molar-refractivity contribution < 1.29 is 53.6 Å². The van der Waals surface area contributed by atoms with Crippen LogP contribution in [0.1, 0.15) is 103 Å². The zero-order valence-electron chi connectivity index (χ0n) is 30.0. The molecule has 1 aromatic carbocycles. The first-order valence-electron chi connectivity index (χ1n) is 17.5. The van der Waals surface area contributed by atoms with Gasteiger partial charge in [-0.3, -0.25) is 24.0 Å². The van der Waals surface area contributed by atoms with Crippen LogP contribution in [-0.2, 0) is 39.9 Å². The summed E-state index contributed by atoms with van der Waals surface area (Å²) in [7, 11) is 1.13. The monoisotopic (exact) mass is 714 g/mol. The van der Waals surface area contributed by atoms with Gasteiger partial charge in [0.1, 0.15) is 30.7 Å². The van der Waals surface area contributed by atoms with Crippen LogP contribution in [0.25, 0.3) is 0 Å². The molecule has 0 aliphatic heterocycles. The van der Waals surface area contributed by atoms with Crippen molar-refractivity contribution in [2.45, 2.75) is 115 Å². The zero-order valence-corrected chi connectivity index (χ0v) is 30.0. The number of aliphatic hydroxyl groups is 1. The molecule has 3 atom stereocenters. The summed E-state index contributed by atoms with van der Waals surface area (Å²) in [5.74, 6) is -1.91. The number of carbonyl (C=O) groups is 6. The number of hydrogen-bond acceptors (Lipinski definition) is 9. The molecule has 1 aromatic rings. The lowest BCUT2D eigenvalue weighted by Gasteiger charge is -2.30. The highest BCUT2D eigenvalue weighted by Gasteiger charge is 2.49. The minimum Gasteiger partial charge on any atom is -0.481 e. The highest BCUT2D eigenvalue weighted by molar-refractivity contribution is 5.96. The molecule has 0 radical (unpaired) electrons. The second-order valence-electron chi connectivity index (χ2n) is 12.3. The van der Waals surface area contributed by atoms with Crippen molar-refractivity contribution in [2.75, 3.05) is 20.3 Å². The molecule has 0 saturated carbocycles. The van der Waals surface area contributed by atoms with E-state index in [1.807, 2.05) is 0 Å². The van der Waals surface area contributed by atoms with Gasteiger partial charge in [0.15, 0.2) is 5.60 Å². The van der Waals surface area contributed by atoms with Gasteiger partial charge in [-0.05, 0) is 50.3 Å². The summed E-state index contributed by atoms with van der Waals surface area (Å²) in [6, 6.07) is 5.18. The lowest BCUT2D eigenvalue weighted by atomic mass is 9.82. The fourth-order valence-corrected chi connectivity index (χ4v) is 5.21. The third kappa shape index (κ3) is 18.2. The van der Waals surface area contributed by atoms with Crippen LogP contribution >= 0.6 is 0 Å². The number of aliphatic carboxylic acids is 2. The van der Waals surface area contributed by atoms with Gasteiger partial charge in [-0.25, -0.2) is 4.79 Å². The third-order valence-electron chi connectivity index (χ3n) is 8.17. The number of Topliss-reactive ketones (excluding diaryl/α,β-unsaturated/α-hetero) is 1. The highest BCUT2D eigenvalue weighted by atomic mass is 16.5. The van der Waals surface area contributed by atoms with Gasteiger partial charge in [-0.2, -0.15) is 0 Å². The highest BCUT2D eigenvalue weighted by Crippen LogP contribution is 2.26. The van der Waals surface area contributed by atoms with Crippen molar-refractivity contribution in [1.29, 1.82) is 0 Å². The van der Waals surface area contributed by atoms with Crippen molar-refractivity contribution in [1.82, 2.24) is 10.6 Å². The lowest BCUT2D eigenvalue weighted by molar-refractivity contribution is -0.172. The predicted octanol–water partition coefficient (Wildman–Crippen LogP) is 4.14. The molecule has 0 aliphatic carbocycles. The second kappa shape index (κ2) is 25.3. The van der Waals surface area contributed by atoms with Crippen LogP contribution in [0, 0.1) is 17.8 Å². The van der Waals surface area contributed by atoms with Gasteiger partial charge in [0.2, 0.25) is 11.8 Å². The first kappa shape index (κ1) is 44.3. The summed E-state index contributed by atoms with van der Waals surface area (Å²) in [5.41, 5.74) is -2.49. The number of nitrogens with one attached hydrogen (secondary N) is 2. The number of carboxylic acids is 2. The van der Waals surface area contributed by atoms with E-state index in [4.69, 9.17) is 4.74 Å². The summed E-state index contributed by atoms with van der Waals surface area (Å²) < 4.78 is 10.1. The molecular weight excluding hydrogens is 660 g/mol. The predicted molar refractivity (Wildman–Crippen MR) is 190 cm³/mol. The summed E-state index contributed by atoms with van der Waals surface area (Å²) >= 11 is 0. The van der Waals surface area contributed by atoms with Crippen LogP contribution in [0.3, 0.4) is 0 Å². The van der Waals surface area contributed by atoms with E-state index in [9.17, 15) is 44.1 Å². The topological polar surface area (TPSA) is 206 Å². The Bertz CT molecular complexity index is 1360. The number of allylic oxidation sites excluding steroid dienone is 1. The maximum absolute atomic E-state index is 13.7. The standard InChI is InChI=1S/C38H54N2O11/c1-4-6-8-11-14-17-29(41)18-15-12-9-10-13-16-19-31(38(49,37(47)48)26-33(42)43)35(45)40-32(36(46)39-27-34(44)50-3)25-28-20-22-30(23-21-28)51-24-7-5-2/h16,19-23,31-32,49H,4,6,8-15,17-18,24-27H2,1-3H3,(H,39,46)(H,40,45)(H,42,43)(H,47,48)/t31-,32+,38+/m1/s1. The molecule has 0 unspecified atom stereocenters. The van der Waals surface area contributed by atoms with Crippen molar-refractivity contribution in [3.05, 3.63) is 42.0 Å². The van der Waals surface area contributed by atoms with Crippen LogP contribution in [0.4, 0.5) is 0 Å². The number of ketones is 1. The largest absolute Gasteiger partial charge is 0.481 e. The van der Waals surface area contributed by atoms with Crippen LogP contribution < -0.4 is 15.4 Å². The Hall–Kier alpha value is -4.70. The number of benzene rings is 1. The molecule has 0 aromatic heterocycles. The molecule has 1 rings (SSSR count). The number of carboxylic acid groups (broad SMARTS) is 2. The lowest BCUT2D eigenvalue weighted by Crippen LogP contribution is -2.56. The van der Waals surface area contributed by atoms with Gasteiger partial charge in [0, 0.05) is 19.3 Å². The van der Waals surface area contributed by atoms with E-state index < -0.39 is 60.2 Å². The van der Waals surface area contributed by atoms with Crippen LogP contribution in [-0.4, -0.2) is 82.7 Å². The summed E-state index contributed by atoms with van der Waals surface area (Å²) in [6.07, 6.45) is 11.2. The number of ether oxygens (including phenoxy) is 2. The normalized spacial score (nSPS) is 13.2. The van der Waals surface area contributed by atoms with Crippen LogP contribution in [0.15, 0.2) is 36.4 Å². The molecule has 0 fully saturated rings. The van der Waals surface area contributed by atoms with Crippen molar-refractivity contribution >= 4 is 35.5 Å². The Balaban J connectivity index is 3.04. The molecule has 282 valence electrons. The average molecular weight is 715 g/mol. The Morgan fingerprint density at radius 3 is 2.10 bits per heavy atom. The quantitative estimate of drug-likeness (QED) is 0.0379. The second-order valence-corrected chi connectivity index (χ2v) is 12.3. The van der Waals surface area contributed by atoms with E-state index in [2.05, 4.69) is 34.1 Å². The third-order valence-corrected chi connectivity index (χ3v) is 8.17. The summed E-state index contributed by atoms with van der Waals surface area (Å²) in [4.78, 5) is 74.4. The van der Waals surface area contributed by atoms with E-state index in [-0.39, 0.29) is 18.8 Å². The van der Waals surface area contributed by atoms with E-state index >= 15 is 0 Å². The molecular formula is C38H54N2O11. The number of esters is 1. The smallest absolute Gasteiger partial charge is 0.337 e. The van der Waals surface area contributed by atoms with Crippen molar-refractivity contribution in [3.8, 4) is 17.6 Å². The van der Waals surface area contributed by atoms with E-state index in [0.717, 1.165) is 58.1 Å². The Labute approximate surface area is 300 Å². The fourth-order valence-electron chi connectivity index (χ4n) is 5.21. The van der Waals surface area contributed by atoms with E-state index in [0.29, 0.717) is 37.0 Å². The Morgan fingerprint density at radius 2 is 1.53 bits per heavy atom. The first-order chi connectivity index (χ1) is 24.4. The van der Waals surface area contributed by atoms with Gasteiger partial charge in [-0.1, -0.05) is 75.7 Å². The van der Waals surface area contributed by atoms with Crippen LogP contribution in [0.5, 0.6) is 5.75 Å².